The number of amides is 3. The Morgan fingerprint density at radius 2 is 1.32 bits per heavy atom. The van der Waals surface area contributed by atoms with Gasteiger partial charge in [-0.2, -0.15) is 0 Å². The van der Waals surface area contributed by atoms with E-state index >= 15 is 0 Å². The summed E-state index contributed by atoms with van der Waals surface area (Å²) in [6.45, 7) is 5.63. The van der Waals surface area contributed by atoms with Crippen molar-refractivity contribution in [3.8, 4) is 11.1 Å². The molecular formula is C30H41N3O4. The Morgan fingerprint density at radius 3 is 1.89 bits per heavy atom. The normalized spacial score (nSPS) is 11.6. The number of benzene rings is 3. The van der Waals surface area contributed by atoms with Gasteiger partial charge in [-0.25, -0.2) is 0 Å². The summed E-state index contributed by atoms with van der Waals surface area (Å²) >= 11 is 0. The summed E-state index contributed by atoms with van der Waals surface area (Å²) in [6, 6.07) is 24.5. The van der Waals surface area contributed by atoms with E-state index in [4.69, 9.17) is 0 Å². The molecule has 3 aromatic carbocycles. The fourth-order valence-electron chi connectivity index (χ4n) is 3.42. The van der Waals surface area contributed by atoms with Gasteiger partial charge in [0.15, 0.2) is 0 Å². The largest absolute Gasteiger partial charge is 0.348 e. The predicted molar refractivity (Wildman–Crippen MR) is 152 cm³/mol. The molecule has 0 unspecified atom stereocenters. The van der Waals surface area contributed by atoms with Gasteiger partial charge in [0.25, 0.3) is 5.91 Å². The number of carbonyl (C=O) groups excluding carboxylic acids is 4. The van der Waals surface area contributed by atoms with Crippen molar-refractivity contribution in [3.05, 3.63) is 96.1 Å². The van der Waals surface area contributed by atoms with E-state index in [-0.39, 0.29) is 17.2 Å². The molecule has 3 amide bonds. The van der Waals surface area contributed by atoms with Crippen molar-refractivity contribution in [2.24, 2.45) is 0 Å². The molecule has 200 valence electrons. The molecule has 0 aromatic heterocycles. The minimum atomic E-state index is -0.898. The molecule has 0 bridgehead atoms. The standard InChI is InChI=1S/C27H27N3O4.C3H8.3H2/c1-19(25(32)28-16-17-31)29-27(34)24(18-20-8-4-2-5-9-20)30-26(33)23-14-12-22(13-15-23)21-10-6-3-7-11-21;1-3-2;;;/h2-15,17,19,24H,16,18H2,1H3,(H,28,32)(H,29,34)(H,30,33);3H2,1-2H3;3*1H/t19-,24+;;;;/m0..../s1. The molecule has 0 saturated heterocycles. The number of aldehydes is 1. The van der Waals surface area contributed by atoms with E-state index in [1.807, 2.05) is 72.8 Å². The van der Waals surface area contributed by atoms with E-state index in [1.165, 1.54) is 13.3 Å². The van der Waals surface area contributed by atoms with Crippen LogP contribution in [0.4, 0.5) is 0 Å². The molecule has 0 aliphatic heterocycles. The minimum absolute atomic E-state index is 0. The zero-order chi connectivity index (χ0) is 27.0. The first kappa shape index (κ1) is 29.0. The van der Waals surface area contributed by atoms with Gasteiger partial charge in [-0.15, -0.1) is 0 Å². The van der Waals surface area contributed by atoms with Crippen LogP contribution in [0.5, 0.6) is 0 Å². The first-order chi connectivity index (χ1) is 17.9. The highest BCUT2D eigenvalue weighted by molar-refractivity contribution is 5.98. The summed E-state index contributed by atoms with van der Waals surface area (Å²) in [5.74, 6) is -1.37. The third kappa shape index (κ3) is 9.72. The highest BCUT2D eigenvalue weighted by Crippen LogP contribution is 2.19. The first-order valence-corrected chi connectivity index (χ1v) is 12.4. The first-order valence-electron chi connectivity index (χ1n) is 12.4. The predicted octanol–water partition coefficient (Wildman–Crippen LogP) is 4.67. The zero-order valence-electron chi connectivity index (χ0n) is 21.6. The van der Waals surface area contributed by atoms with E-state index in [1.54, 1.807) is 12.1 Å². The van der Waals surface area contributed by atoms with Crippen LogP contribution in [0.15, 0.2) is 84.9 Å². The average Bonchev–Trinajstić information content (AvgIpc) is 2.92. The maximum Gasteiger partial charge on any atom is 0.251 e. The Morgan fingerprint density at radius 1 is 0.784 bits per heavy atom. The molecule has 0 saturated carbocycles. The maximum absolute atomic E-state index is 13.0. The third-order valence-corrected chi connectivity index (χ3v) is 5.27. The SMILES string of the molecule is CCC.C[C@H](NC(=O)[C@@H](Cc1ccccc1)NC(=O)c1ccc(-c2ccccc2)cc1)C(=O)NCC=O.[HH].[HH].[HH]. The lowest BCUT2D eigenvalue weighted by atomic mass is 10.0. The zero-order valence-corrected chi connectivity index (χ0v) is 21.6. The van der Waals surface area contributed by atoms with E-state index < -0.39 is 29.8 Å². The fraction of sp³-hybridized carbons (Fsp3) is 0.267. The topological polar surface area (TPSA) is 104 Å². The van der Waals surface area contributed by atoms with Gasteiger partial charge in [-0.3, -0.25) is 14.4 Å². The quantitative estimate of drug-likeness (QED) is 0.347. The van der Waals surface area contributed by atoms with E-state index in [0.717, 1.165) is 16.7 Å². The molecule has 0 spiro atoms. The fourth-order valence-corrected chi connectivity index (χ4v) is 3.42. The molecule has 0 aliphatic carbocycles. The molecule has 3 aromatic rings. The highest BCUT2D eigenvalue weighted by atomic mass is 16.2. The molecule has 3 rings (SSSR count). The van der Waals surface area contributed by atoms with Crippen molar-refractivity contribution in [3.63, 3.8) is 0 Å². The Labute approximate surface area is 223 Å². The second kappa shape index (κ2) is 15.7. The number of hydrogen-bond donors (Lipinski definition) is 3. The van der Waals surface area contributed by atoms with Crippen molar-refractivity contribution in [2.75, 3.05) is 6.54 Å². The molecule has 7 nitrogen and oxygen atoms in total. The molecule has 37 heavy (non-hydrogen) atoms. The summed E-state index contributed by atoms with van der Waals surface area (Å²) in [4.78, 5) is 48.4. The Kier molecular flexibility index (Phi) is 12.3. The van der Waals surface area contributed by atoms with Crippen LogP contribution in [0.1, 0.15) is 47.4 Å². The molecular weight excluding hydrogens is 466 g/mol. The van der Waals surface area contributed by atoms with E-state index in [2.05, 4.69) is 29.8 Å². The van der Waals surface area contributed by atoms with Gasteiger partial charge in [-0.05, 0) is 35.7 Å². The van der Waals surface area contributed by atoms with Gasteiger partial charge in [-0.1, -0.05) is 93.1 Å². The van der Waals surface area contributed by atoms with Crippen LogP contribution < -0.4 is 16.0 Å². The maximum atomic E-state index is 13.0. The highest BCUT2D eigenvalue weighted by Gasteiger charge is 2.25. The molecule has 0 fully saturated rings. The van der Waals surface area contributed by atoms with Crippen LogP contribution in [-0.4, -0.2) is 42.6 Å². The molecule has 7 heteroatoms. The van der Waals surface area contributed by atoms with E-state index in [0.29, 0.717) is 11.8 Å². The molecule has 0 heterocycles. The van der Waals surface area contributed by atoms with Crippen molar-refractivity contribution in [2.45, 2.75) is 45.7 Å². The van der Waals surface area contributed by atoms with Crippen molar-refractivity contribution >= 4 is 24.0 Å². The lowest BCUT2D eigenvalue weighted by molar-refractivity contribution is -0.129. The summed E-state index contributed by atoms with van der Waals surface area (Å²) in [5.41, 5.74) is 3.30. The summed E-state index contributed by atoms with van der Waals surface area (Å²) in [5, 5.41) is 7.81. The smallest absolute Gasteiger partial charge is 0.251 e. The Hall–Kier alpha value is -4.26. The monoisotopic (exact) mass is 507 g/mol. The molecule has 0 radical (unpaired) electrons. The Balaban J connectivity index is 0. The summed E-state index contributed by atoms with van der Waals surface area (Å²) in [6.07, 6.45) is 2.07. The third-order valence-electron chi connectivity index (χ3n) is 5.27. The lowest BCUT2D eigenvalue weighted by Gasteiger charge is -2.21. The number of rotatable bonds is 10. The van der Waals surface area contributed by atoms with Crippen LogP contribution in [0, 0.1) is 0 Å². The van der Waals surface area contributed by atoms with Gasteiger partial charge in [0, 0.05) is 16.3 Å². The van der Waals surface area contributed by atoms with Gasteiger partial charge in [0.2, 0.25) is 11.8 Å². The molecule has 0 aliphatic rings. The second-order valence-corrected chi connectivity index (χ2v) is 8.51. The van der Waals surface area contributed by atoms with Crippen LogP contribution in [0.25, 0.3) is 11.1 Å². The lowest BCUT2D eigenvalue weighted by Crippen LogP contribution is -2.53. The summed E-state index contributed by atoms with van der Waals surface area (Å²) < 4.78 is 0. The van der Waals surface area contributed by atoms with E-state index in [9.17, 15) is 19.2 Å². The van der Waals surface area contributed by atoms with Crippen molar-refractivity contribution in [1.29, 1.82) is 0 Å². The van der Waals surface area contributed by atoms with Gasteiger partial charge in [0.1, 0.15) is 18.4 Å². The van der Waals surface area contributed by atoms with Gasteiger partial charge < -0.3 is 20.7 Å². The number of nitrogens with one attached hydrogen (secondary N) is 3. The molecule has 3 N–H and O–H groups in total. The second-order valence-electron chi connectivity index (χ2n) is 8.51. The average molecular weight is 508 g/mol. The van der Waals surface area contributed by atoms with Crippen molar-refractivity contribution in [1.82, 2.24) is 16.0 Å². The summed E-state index contributed by atoms with van der Waals surface area (Å²) in [7, 11) is 0. The van der Waals surface area contributed by atoms with Gasteiger partial charge >= 0.3 is 0 Å². The van der Waals surface area contributed by atoms with Crippen LogP contribution in [-0.2, 0) is 20.8 Å². The van der Waals surface area contributed by atoms with Gasteiger partial charge in [0.05, 0.1) is 6.54 Å². The minimum Gasteiger partial charge on any atom is -0.348 e. The molecule has 2 atom stereocenters. The van der Waals surface area contributed by atoms with Crippen LogP contribution in [0.2, 0.25) is 0 Å². The Bertz CT molecular complexity index is 1150. The number of carbonyl (C=O) groups is 4. The van der Waals surface area contributed by atoms with Crippen LogP contribution >= 0.6 is 0 Å². The van der Waals surface area contributed by atoms with Crippen LogP contribution in [0.3, 0.4) is 0 Å². The van der Waals surface area contributed by atoms with Crippen molar-refractivity contribution < 1.29 is 23.5 Å². The number of hydrogen-bond acceptors (Lipinski definition) is 4.